The Labute approximate surface area is 212 Å². The lowest BCUT2D eigenvalue weighted by atomic mass is 10.1. The second-order valence-corrected chi connectivity index (χ2v) is 9.91. The molecule has 0 spiro atoms. The van der Waals surface area contributed by atoms with Crippen molar-refractivity contribution in [1.29, 1.82) is 0 Å². The van der Waals surface area contributed by atoms with Gasteiger partial charge in [-0.25, -0.2) is 8.42 Å². The molecule has 0 aliphatic heterocycles. The van der Waals surface area contributed by atoms with E-state index >= 15 is 0 Å². The minimum atomic E-state index is -4.14. The summed E-state index contributed by atoms with van der Waals surface area (Å²) in [6, 6.07) is 16.5. The molecule has 3 aromatic carbocycles. The first-order chi connectivity index (χ1) is 17.2. The summed E-state index contributed by atoms with van der Waals surface area (Å²) in [6.07, 6.45) is 1.64. The number of ether oxygens (including phenoxy) is 3. The third kappa shape index (κ3) is 6.37. The minimum Gasteiger partial charge on any atom is -0.493 e. The largest absolute Gasteiger partial charge is 0.493 e. The number of carbonyl (C=O) groups is 1. The molecule has 3 aromatic rings. The minimum absolute atomic E-state index is 0.0316. The zero-order valence-corrected chi connectivity index (χ0v) is 21.6. The third-order valence-electron chi connectivity index (χ3n) is 5.23. The van der Waals surface area contributed by atoms with Crippen LogP contribution in [0.4, 0.5) is 11.4 Å². The Morgan fingerprint density at radius 1 is 0.944 bits per heavy atom. The Hall–Kier alpha value is -3.98. The highest BCUT2D eigenvalue weighted by Crippen LogP contribution is 2.32. The van der Waals surface area contributed by atoms with Gasteiger partial charge in [-0.05, 0) is 73.5 Å². The zero-order valence-electron chi connectivity index (χ0n) is 20.8. The highest BCUT2D eigenvalue weighted by atomic mass is 32.2. The summed E-state index contributed by atoms with van der Waals surface area (Å²) >= 11 is 0. The van der Waals surface area contributed by atoms with E-state index in [2.05, 4.69) is 11.9 Å². The Morgan fingerprint density at radius 3 is 2.17 bits per heavy atom. The van der Waals surface area contributed by atoms with Crippen LogP contribution in [-0.4, -0.2) is 41.7 Å². The molecule has 1 N–H and O–H groups in total. The molecule has 36 heavy (non-hydrogen) atoms. The van der Waals surface area contributed by atoms with Gasteiger partial charge in [-0.2, -0.15) is 0 Å². The normalized spacial score (nSPS) is 10.9. The monoisotopic (exact) mass is 510 g/mol. The fourth-order valence-corrected chi connectivity index (χ4v) is 5.06. The van der Waals surface area contributed by atoms with Crippen LogP contribution in [0.2, 0.25) is 0 Å². The lowest BCUT2D eigenvalue weighted by molar-refractivity contribution is -0.114. The van der Waals surface area contributed by atoms with Crippen molar-refractivity contribution < 1.29 is 27.4 Å². The summed E-state index contributed by atoms with van der Waals surface area (Å²) in [5.74, 6) is 0.786. The van der Waals surface area contributed by atoms with E-state index < -0.39 is 22.5 Å². The van der Waals surface area contributed by atoms with Crippen LogP contribution in [-0.2, 0) is 14.8 Å². The van der Waals surface area contributed by atoms with Gasteiger partial charge in [0.15, 0.2) is 11.5 Å². The summed E-state index contributed by atoms with van der Waals surface area (Å²) < 4.78 is 44.6. The molecule has 1 amide bonds. The van der Waals surface area contributed by atoms with Gasteiger partial charge in [0.05, 0.1) is 24.8 Å². The molecule has 3 rings (SSSR count). The smallest absolute Gasteiger partial charge is 0.264 e. The fraction of sp³-hybridized carbons (Fsp3) is 0.222. The van der Waals surface area contributed by atoms with Gasteiger partial charge in [0, 0.05) is 11.8 Å². The molecule has 0 radical (unpaired) electrons. The van der Waals surface area contributed by atoms with E-state index in [0.717, 1.165) is 15.4 Å². The maximum absolute atomic E-state index is 13.8. The first kappa shape index (κ1) is 26.6. The van der Waals surface area contributed by atoms with E-state index in [1.54, 1.807) is 42.5 Å². The molecular formula is C27H30N2O6S. The van der Waals surface area contributed by atoms with Crippen LogP contribution in [0.5, 0.6) is 17.2 Å². The van der Waals surface area contributed by atoms with Crippen molar-refractivity contribution in [3.8, 4) is 17.2 Å². The summed E-state index contributed by atoms with van der Waals surface area (Å²) in [7, 11) is -1.25. The Bertz CT molecular complexity index is 1320. The fourth-order valence-electron chi connectivity index (χ4n) is 3.63. The Morgan fingerprint density at radius 2 is 1.58 bits per heavy atom. The molecule has 0 atom stereocenters. The van der Waals surface area contributed by atoms with E-state index in [0.29, 0.717) is 29.5 Å². The number of anilines is 2. The molecule has 0 bridgehead atoms. The number of nitrogens with zero attached hydrogens (tertiary/aromatic N) is 1. The number of aryl methyl sites for hydroxylation is 2. The van der Waals surface area contributed by atoms with Gasteiger partial charge >= 0.3 is 0 Å². The Balaban J connectivity index is 1.94. The number of nitrogens with one attached hydrogen (secondary N) is 1. The van der Waals surface area contributed by atoms with Gasteiger partial charge in [0.25, 0.3) is 10.0 Å². The summed E-state index contributed by atoms with van der Waals surface area (Å²) in [6.45, 7) is 7.27. The number of hydrogen-bond acceptors (Lipinski definition) is 6. The van der Waals surface area contributed by atoms with Gasteiger partial charge in [-0.1, -0.05) is 18.7 Å². The average Bonchev–Trinajstić information content (AvgIpc) is 2.85. The number of benzene rings is 3. The van der Waals surface area contributed by atoms with E-state index in [9.17, 15) is 13.2 Å². The van der Waals surface area contributed by atoms with E-state index in [-0.39, 0.29) is 10.6 Å². The first-order valence-electron chi connectivity index (χ1n) is 11.1. The van der Waals surface area contributed by atoms with E-state index in [1.807, 2.05) is 19.9 Å². The number of amides is 1. The molecule has 0 fully saturated rings. The predicted molar refractivity (Wildman–Crippen MR) is 141 cm³/mol. The van der Waals surface area contributed by atoms with Crippen molar-refractivity contribution in [3.63, 3.8) is 0 Å². The average molecular weight is 511 g/mol. The SMILES string of the molecule is C=CCOc1ccc(NC(=O)CN(c2cc(C)cc(C)c2)S(=O)(=O)c2ccc(OC)c(OC)c2)cc1. The van der Waals surface area contributed by atoms with Gasteiger partial charge in [-0.3, -0.25) is 9.10 Å². The lowest BCUT2D eigenvalue weighted by Crippen LogP contribution is -2.38. The van der Waals surface area contributed by atoms with Crippen molar-refractivity contribution in [2.24, 2.45) is 0 Å². The van der Waals surface area contributed by atoms with Crippen molar-refractivity contribution in [3.05, 3.63) is 84.4 Å². The molecule has 9 heteroatoms. The highest BCUT2D eigenvalue weighted by molar-refractivity contribution is 7.92. The number of carbonyl (C=O) groups excluding carboxylic acids is 1. The van der Waals surface area contributed by atoms with Crippen LogP contribution >= 0.6 is 0 Å². The summed E-state index contributed by atoms with van der Waals surface area (Å²) in [5.41, 5.74) is 2.63. The first-order valence-corrected chi connectivity index (χ1v) is 12.6. The van der Waals surface area contributed by atoms with Crippen LogP contribution in [0, 0.1) is 13.8 Å². The van der Waals surface area contributed by atoms with Gasteiger partial charge in [-0.15, -0.1) is 0 Å². The van der Waals surface area contributed by atoms with Crippen LogP contribution in [0.3, 0.4) is 0 Å². The Kier molecular flexibility index (Phi) is 8.60. The number of sulfonamides is 1. The maximum atomic E-state index is 13.8. The van der Waals surface area contributed by atoms with Crippen LogP contribution < -0.4 is 23.8 Å². The van der Waals surface area contributed by atoms with Crippen molar-refractivity contribution in [1.82, 2.24) is 0 Å². The van der Waals surface area contributed by atoms with E-state index in [1.165, 1.54) is 32.4 Å². The molecule has 0 aliphatic rings. The van der Waals surface area contributed by atoms with E-state index in [4.69, 9.17) is 14.2 Å². The lowest BCUT2D eigenvalue weighted by Gasteiger charge is -2.25. The summed E-state index contributed by atoms with van der Waals surface area (Å²) in [5, 5.41) is 2.75. The van der Waals surface area contributed by atoms with Crippen LogP contribution in [0.1, 0.15) is 11.1 Å². The molecule has 0 saturated heterocycles. The number of hydrogen-bond donors (Lipinski definition) is 1. The highest BCUT2D eigenvalue weighted by Gasteiger charge is 2.29. The molecule has 0 aliphatic carbocycles. The predicted octanol–water partition coefficient (Wildman–Crippen LogP) is 4.72. The van der Waals surface area contributed by atoms with Gasteiger partial charge in [0.1, 0.15) is 18.9 Å². The molecule has 8 nitrogen and oxygen atoms in total. The zero-order chi connectivity index (χ0) is 26.3. The number of rotatable bonds is 11. The molecule has 0 aromatic heterocycles. The molecule has 0 saturated carbocycles. The third-order valence-corrected chi connectivity index (χ3v) is 7.00. The molecule has 0 heterocycles. The summed E-state index contributed by atoms with van der Waals surface area (Å²) in [4.78, 5) is 13.0. The van der Waals surface area contributed by atoms with Crippen molar-refractivity contribution in [2.45, 2.75) is 18.7 Å². The topological polar surface area (TPSA) is 94.2 Å². The van der Waals surface area contributed by atoms with Crippen molar-refractivity contribution in [2.75, 3.05) is 37.0 Å². The second kappa shape index (κ2) is 11.6. The molecular weight excluding hydrogens is 480 g/mol. The van der Waals surface area contributed by atoms with Crippen LogP contribution in [0.25, 0.3) is 0 Å². The molecule has 0 unspecified atom stereocenters. The molecule has 190 valence electrons. The van der Waals surface area contributed by atoms with Crippen LogP contribution in [0.15, 0.2) is 78.2 Å². The van der Waals surface area contributed by atoms with Gasteiger partial charge in [0.2, 0.25) is 5.91 Å². The van der Waals surface area contributed by atoms with Gasteiger partial charge < -0.3 is 19.5 Å². The maximum Gasteiger partial charge on any atom is 0.264 e. The van der Waals surface area contributed by atoms with Crippen molar-refractivity contribution >= 4 is 27.3 Å². The second-order valence-electron chi connectivity index (χ2n) is 8.05. The quantitative estimate of drug-likeness (QED) is 0.375. The number of methoxy groups -OCH3 is 2. The standard InChI is InChI=1S/C27H30N2O6S/c1-6-13-35-23-9-7-21(8-10-23)28-27(30)18-29(22-15-19(2)14-20(3)16-22)36(31,32)24-11-12-25(33-4)26(17-24)34-5/h6-12,14-17H,1,13,18H2,2-5H3,(H,28,30).